The first-order valence-corrected chi connectivity index (χ1v) is 12.2. The van der Waals surface area contributed by atoms with Crippen molar-refractivity contribution in [3.05, 3.63) is 102 Å². The average molecular weight is 468 g/mol. The van der Waals surface area contributed by atoms with Crippen LogP contribution >= 0.6 is 0 Å². The van der Waals surface area contributed by atoms with Gasteiger partial charge in [-0.2, -0.15) is 0 Å². The van der Waals surface area contributed by atoms with Gasteiger partial charge in [-0.15, -0.1) is 0 Å². The maximum Gasteiger partial charge on any atom is 0.326 e. The van der Waals surface area contributed by atoms with Crippen molar-refractivity contribution in [2.75, 3.05) is 11.4 Å². The van der Waals surface area contributed by atoms with Crippen LogP contribution in [0.2, 0.25) is 0 Å². The summed E-state index contributed by atoms with van der Waals surface area (Å²) in [6, 6.07) is 27.5. The molecule has 1 saturated carbocycles. The van der Waals surface area contributed by atoms with Gasteiger partial charge in [0.1, 0.15) is 6.54 Å². The Morgan fingerprint density at radius 2 is 1.31 bits per heavy atom. The first-order valence-electron chi connectivity index (χ1n) is 12.2. The van der Waals surface area contributed by atoms with Crippen LogP contribution in [0.25, 0.3) is 0 Å². The Bertz CT molecular complexity index is 1150. The standard InChI is InChI=1S/C29H29N3O3/c33-26(32(24-17-9-3-10-18-24)25-19-11-4-12-20-25)21-31-27(34)29(30-28(31)35,22-13-5-1-6-14-22)23-15-7-2-8-16-23/h1-3,5-10,13-18,25H,4,11-12,19-21H2,(H,30,35). The lowest BCUT2D eigenvalue weighted by atomic mass is 9.82. The normalized spacial score (nSPS) is 17.8. The van der Waals surface area contributed by atoms with Gasteiger partial charge in [0.05, 0.1) is 0 Å². The molecular formula is C29H29N3O3. The minimum Gasteiger partial charge on any atom is -0.315 e. The fourth-order valence-corrected chi connectivity index (χ4v) is 5.35. The molecule has 5 rings (SSSR count). The van der Waals surface area contributed by atoms with Crippen molar-refractivity contribution in [2.24, 2.45) is 0 Å². The summed E-state index contributed by atoms with van der Waals surface area (Å²) in [4.78, 5) is 43.8. The molecule has 0 bridgehead atoms. The molecule has 0 radical (unpaired) electrons. The predicted octanol–water partition coefficient (Wildman–Crippen LogP) is 4.85. The van der Waals surface area contributed by atoms with E-state index >= 15 is 0 Å². The van der Waals surface area contributed by atoms with E-state index < -0.39 is 17.5 Å². The number of amides is 4. The zero-order chi connectivity index (χ0) is 24.3. The molecule has 0 spiro atoms. The minimum absolute atomic E-state index is 0.0624. The second-order valence-electron chi connectivity index (χ2n) is 9.19. The molecule has 6 nitrogen and oxygen atoms in total. The molecule has 1 aliphatic carbocycles. The van der Waals surface area contributed by atoms with Gasteiger partial charge < -0.3 is 10.2 Å². The fourth-order valence-electron chi connectivity index (χ4n) is 5.35. The molecule has 1 N–H and O–H groups in total. The Morgan fingerprint density at radius 3 is 1.86 bits per heavy atom. The summed E-state index contributed by atoms with van der Waals surface area (Å²) < 4.78 is 0. The van der Waals surface area contributed by atoms with Gasteiger partial charge >= 0.3 is 6.03 Å². The van der Waals surface area contributed by atoms with Crippen molar-refractivity contribution in [2.45, 2.75) is 43.7 Å². The summed E-state index contributed by atoms with van der Waals surface area (Å²) in [5.41, 5.74) is 0.745. The van der Waals surface area contributed by atoms with Crippen LogP contribution in [-0.4, -0.2) is 35.3 Å². The van der Waals surface area contributed by atoms with E-state index in [4.69, 9.17) is 0 Å². The molecular weight excluding hydrogens is 438 g/mol. The van der Waals surface area contributed by atoms with E-state index in [1.807, 2.05) is 91.0 Å². The maximum absolute atomic E-state index is 14.0. The van der Waals surface area contributed by atoms with Gasteiger partial charge in [0.2, 0.25) is 5.91 Å². The third-order valence-corrected chi connectivity index (χ3v) is 7.06. The summed E-state index contributed by atoms with van der Waals surface area (Å²) in [6.07, 6.45) is 5.12. The van der Waals surface area contributed by atoms with Crippen LogP contribution in [0.15, 0.2) is 91.0 Å². The molecule has 0 atom stereocenters. The summed E-state index contributed by atoms with van der Waals surface area (Å²) >= 11 is 0. The number of nitrogens with zero attached hydrogens (tertiary/aromatic N) is 2. The van der Waals surface area contributed by atoms with Gasteiger partial charge in [-0.3, -0.25) is 14.5 Å². The molecule has 178 valence electrons. The smallest absolute Gasteiger partial charge is 0.315 e. The molecule has 4 amide bonds. The molecule has 1 saturated heterocycles. The molecule has 35 heavy (non-hydrogen) atoms. The molecule has 1 aliphatic heterocycles. The molecule has 6 heteroatoms. The van der Waals surface area contributed by atoms with Crippen LogP contribution in [0.4, 0.5) is 10.5 Å². The molecule has 0 aromatic heterocycles. The zero-order valence-corrected chi connectivity index (χ0v) is 19.6. The van der Waals surface area contributed by atoms with Crippen molar-refractivity contribution in [1.82, 2.24) is 10.2 Å². The average Bonchev–Trinajstić information content (AvgIpc) is 3.17. The van der Waals surface area contributed by atoms with E-state index in [0.717, 1.165) is 42.7 Å². The predicted molar refractivity (Wildman–Crippen MR) is 135 cm³/mol. The summed E-state index contributed by atoms with van der Waals surface area (Å²) in [7, 11) is 0. The number of nitrogens with one attached hydrogen (secondary N) is 1. The van der Waals surface area contributed by atoms with Gasteiger partial charge in [-0.1, -0.05) is 98.1 Å². The van der Waals surface area contributed by atoms with E-state index in [1.54, 1.807) is 4.90 Å². The first-order chi connectivity index (χ1) is 17.1. The van der Waals surface area contributed by atoms with E-state index in [2.05, 4.69) is 5.32 Å². The highest BCUT2D eigenvalue weighted by molar-refractivity contribution is 6.12. The van der Waals surface area contributed by atoms with Gasteiger partial charge in [0, 0.05) is 11.7 Å². The molecule has 0 unspecified atom stereocenters. The van der Waals surface area contributed by atoms with Crippen LogP contribution in [-0.2, 0) is 15.1 Å². The number of imide groups is 1. The van der Waals surface area contributed by atoms with Gasteiger partial charge in [0.15, 0.2) is 5.54 Å². The van der Waals surface area contributed by atoms with E-state index in [1.165, 1.54) is 0 Å². The fraction of sp³-hybridized carbons (Fsp3) is 0.276. The van der Waals surface area contributed by atoms with Crippen molar-refractivity contribution >= 4 is 23.5 Å². The number of carbonyl (C=O) groups is 3. The van der Waals surface area contributed by atoms with Crippen LogP contribution in [0, 0.1) is 0 Å². The Morgan fingerprint density at radius 1 is 0.800 bits per heavy atom. The highest BCUT2D eigenvalue weighted by Crippen LogP contribution is 2.36. The molecule has 3 aromatic rings. The lowest BCUT2D eigenvalue weighted by Gasteiger charge is -2.35. The minimum atomic E-state index is -1.37. The van der Waals surface area contributed by atoms with E-state index in [9.17, 15) is 14.4 Å². The Hall–Kier alpha value is -3.93. The third kappa shape index (κ3) is 4.20. The third-order valence-electron chi connectivity index (χ3n) is 7.06. The second-order valence-corrected chi connectivity index (χ2v) is 9.19. The second kappa shape index (κ2) is 9.74. The van der Waals surface area contributed by atoms with E-state index in [-0.39, 0.29) is 18.5 Å². The van der Waals surface area contributed by atoms with Crippen molar-refractivity contribution < 1.29 is 14.4 Å². The number of urea groups is 1. The number of anilines is 1. The largest absolute Gasteiger partial charge is 0.326 e. The highest BCUT2D eigenvalue weighted by Gasteiger charge is 2.54. The van der Waals surface area contributed by atoms with Gasteiger partial charge in [-0.05, 0) is 36.1 Å². The molecule has 3 aromatic carbocycles. The maximum atomic E-state index is 14.0. The molecule has 2 aliphatic rings. The Balaban J connectivity index is 1.49. The van der Waals surface area contributed by atoms with Crippen LogP contribution in [0.5, 0.6) is 0 Å². The van der Waals surface area contributed by atoms with Crippen LogP contribution < -0.4 is 10.2 Å². The SMILES string of the molecule is O=C1NC(c2ccccc2)(c2ccccc2)C(=O)N1CC(=O)N(c1ccccc1)C1CCCCC1. The van der Waals surface area contributed by atoms with Crippen molar-refractivity contribution in [1.29, 1.82) is 0 Å². The lowest BCUT2D eigenvalue weighted by Crippen LogP contribution is -2.49. The van der Waals surface area contributed by atoms with Crippen LogP contribution in [0.1, 0.15) is 43.2 Å². The van der Waals surface area contributed by atoms with Crippen molar-refractivity contribution in [3.8, 4) is 0 Å². The number of hydrogen-bond donors (Lipinski definition) is 1. The molecule has 2 fully saturated rings. The highest BCUT2D eigenvalue weighted by atomic mass is 16.2. The number of hydrogen-bond acceptors (Lipinski definition) is 3. The van der Waals surface area contributed by atoms with Gasteiger partial charge in [0.25, 0.3) is 5.91 Å². The number of carbonyl (C=O) groups excluding carboxylic acids is 3. The number of rotatable bonds is 6. The number of para-hydroxylation sites is 1. The quantitative estimate of drug-likeness (QED) is 0.527. The van der Waals surface area contributed by atoms with Crippen LogP contribution in [0.3, 0.4) is 0 Å². The molecule has 1 heterocycles. The lowest BCUT2D eigenvalue weighted by molar-refractivity contribution is -0.133. The number of benzene rings is 3. The topological polar surface area (TPSA) is 69.7 Å². The first kappa shape index (κ1) is 22.8. The summed E-state index contributed by atoms with van der Waals surface area (Å²) in [5.74, 6) is -0.687. The zero-order valence-electron chi connectivity index (χ0n) is 19.6. The Kier molecular flexibility index (Phi) is 6.36. The summed E-state index contributed by atoms with van der Waals surface area (Å²) in [5, 5.41) is 2.93. The monoisotopic (exact) mass is 467 g/mol. The summed E-state index contributed by atoms with van der Waals surface area (Å²) in [6.45, 7) is -0.308. The van der Waals surface area contributed by atoms with Crippen molar-refractivity contribution in [3.63, 3.8) is 0 Å². The van der Waals surface area contributed by atoms with E-state index in [0.29, 0.717) is 11.1 Å². The van der Waals surface area contributed by atoms with Gasteiger partial charge in [-0.25, -0.2) is 4.79 Å². The Labute approximate surface area is 205 Å².